The van der Waals surface area contributed by atoms with Crippen molar-refractivity contribution in [3.8, 4) is 0 Å². The zero-order chi connectivity index (χ0) is 20.0. The van der Waals surface area contributed by atoms with E-state index in [0.29, 0.717) is 16.1 Å². The second kappa shape index (κ2) is 9.32. The van der Waals surface area contributed by atoms with E-state index in [2.05, 4.69) is 5.32 Å². The number of hydrogen-bond donors (Lipinski definition) is 1. The van der Waals surface area contributed by atoms with Gasteiger partial charge in [-0.05, 0) is 45.4 Å². The number of benzene rings is 1. The highest BCUT2D eigenvalue weighted by Crippen LogP contribution is 2.29. The van der Waals surface area contributed by atoms with Gasteiger partial charge in [-0.2, -0.15) is 0 Å². The number of amides is 1. The Balaban J connectivity index is 2.02. The van der Waals surface area contributed by atoms with E-state index in [-0.39, 0.29) is 6.61 Å². The van der Waals surface area contributed by atoms with Crippen LogP contribution in [-0.2, 0) is 20.7 Å². The lowest BCUT2D eigenvalue weighted by Crippen LogP contribution is -2.21. The standard InChI is InChI=1S/C20H23NO5S/c1-5-15-10-16(20(24)25-6-2)18(27-15)21-17(22)11-26-19(23)14-8-12(3)7-13(4)9-14/h7-10H,5-6,11H2,1-4H3,(H,21,22). The van der Waals surface area contributed by atoms with Crippen molar-refractivity contribution in [1.29, 1.82) is 0 Å². The molecule has 0 spiro atoms. The van der Waals surface area contributed by atoms with Crippen molar-refractivity contribution in [2.24, 2.45) is 0 Å². The number of anilines is 1. The third kappa shape index (κ3) is 5.65. The molecule has 27 heavy (non-hydrogen) atoms. The van der Waals surface area contributed by atoms with Gasteiger partial charge in [0, 0.05) is 4.88 Å². The number of thiophene rings is 1. The molecule has 1 heterocycles. The molecule has 1 amide bonds. The Labute approximate surface area is 162 Å². The molecule has 7 heteroatoms. The van der Waals surface area contributed by atoms with Crippen molar-refractivity contribution in [1.82, 2.24) is 0 Å². The molecule has 0 atom stereocenters. The van der Waals surface area contributed by atoms with Crippen LogP contribution in [0, 0.1) is 13.8 Å². The predicted molar refractivity (Wildman–Crippen MR) is 104 cm³/mol. The van der Waals surface area contributed by atoms with E-state index in [9.17, 15) is 14.4 Å². The first-order valence-electron chi connectivity index (χ1n) is 8.69. The summed E-state index contributed by atoms with van der Waals surface area (Å²) >= 11 is 1.30. The van der Waals surface area contributed by atoms with Gasteiger partial charge in [-0.3, -0.25) is 4.79 Å². The van der Waals surface area contributed by atoms with Crippen molar-refractivity contribution in [3.63, 3.8) is 0 Å². The number of carbonyl (C=O) groups excluding carboxylic acids is 3. The summed E-state index contributed by atoms with van der Waals surface area (Å²) in [5, 5.41) is 3.04. The minimum absolute atomic E-state index is 0.247. The smallest absolute Gasteiger partial charge is 0.341 e. The van der Waals surface area contributed by atoms with Gasteiger partial charge in [0.15, 0.2) is 6.61 Å². The van der Waals surface area contributed by atoms with E-state index < -0.39 is 24.5 Å². The SMILES string of the molecule is CCOC(=O)c1cc(CC)sc1NC(=O)COC(=O)c1cc(C)cc(C)c1. The first-order chi connectivity index (χ1) is 12.8. The van der Waals surface area contributed by atoms with Gasteiger partial charge in [0.25, 0.3) is 5.91 Å². The highest BCUT2D eigenvalue weighted by Gasteiger charge is 2.19. The van der Waals surface area contributed by atoms with Crippen LogP contribution >= 0.6 is 11.3 Å². The summed E-state index contributed by atoms with van der Waals surface area (Å²) in [4.78, 5) is 37.3. The summed E-state index contributed by atoms with van der Waals surface area (Å²) in [6.07, 6.45) is 0.731. The van der Waals surface area contributed by atoms with Gasteiger partial charge in [-0.1, -0.05) is 24.1 Å². The Kier molecular flexibility index (Phi) is 7.12. The average molecular weight is 389 g/mol. The lowest BCUT2D eigenvalue weighted by atomic mass is 10.1. The van der Waals surface area contributed by atoms with E-state index in [0.717, 1.165) is 22.4 Å². The summed E-state index contributed by atoms with van der Waals surface area (Å²) in [5.74, 6) is -1.57. The third-order valence-corrected chi connectivity index (χ3v) is 4.87. The first-order valence-corrected chi connectivity index (χ1v) is 9.50. The van der Waals surface area contributed by atoms with E-state index in [1.54, 1.807) is 25.1 Å². The predicted octanol–water partition coefficient (Wildman–Crippen LogP) is 3.90. The maximum atomic E-state index is 12.2. The highest BCUT2D eigenvalue weighted by atomic mass is 32.1. The maximum Gasteiger partial charge on any atom is 0.341 e. The van der Waals surface area contributed by atoms with Crippen LogP contribution in [0.4, 0.5) is 5.00 Å². The van der Waals surface area contributed by atoms with E-state index in [1.165, 1.54) is 11.3 Å². The van der Waals surface area contributed by atoms with Gasteiger partial charge in [0.05, 0.1) is 17.7 Å². The summed E-state index contributed by atoms with van der Waals surface area (Å²) in [5.41, 5.74) is 2.59. The molecule has 0 saturated carbocycles. The molecule has 0 saturated heterocycles. The molecule has 1 aromatic carbocycles. The molecular weight excluding hydrogens is 366 g/mol. The molecular formula is C20H23NO5S. The molecule has 1 aromatic heterocycles. The van der Waals surface area contributed by atoms with Crippen LogP contribution in [0.25, 0.3) is 0 Å². The van der Waals surface area contributed by atoms with E-state index in [1.807, 2.05) is 26.8 Å². The molecule has 1 N–H and O–H groups in total. The summed E-state index contributed by atoms with van der Waals surface area (Å²) in [6.45, 7) is 7.25. The number of rotatable bonds is 7. The zero-order valence-corrected chi connectivity index (χ0v) is 16.7. The van der Waals surface area contributed by atoms with E-state index >= 15 is 0 Å². The second-order valence-corrected chi connectivity index (χ2v) is 7.17. The molecule has 6 nitrogen and oxygen atoms in total. The summed E-state index contributed by atoms with van der Waals surface area (Å²) in [6, 6.07) is 7.07. The van der Waals surface area contributed by atoms with Crippen molar-refractivity contribution >= 4 is 34.2 Å². The fourth-order valence-electron chi connectivity index (χ4n) is 2.54. The fraction of sp³-hybridized carbons (Fsp3) is 0.350. The highest BCUT2D eigenvalue weighted by molar-refractivity contribution is 7.16. The Bertz CT molecular complexity index is 836. The number of nitrogens with one attached hydrogen (secondary N) is 1. The molecule has 0 aliphatic heterocycles. The van der Waals surface area contributed by atoms with Crippen LogP contribution in [0.3, 0.4) is 0 Å². The Morgan fingerprint density at radius 1 is 0.963 bits per heavy atom. The van der Waals surface area contributed by atoms with Crippen LogP contribution in [0.1, 0.15) is 50.6 Å². The van der Waals surface area contributed by atoms with Crippen molar-refractivity contribution < 1.29 is 23.9 Å². The summed E-state index contributed by atoms with van der Waals surface area (Å²) in [7, 11) is 0. The molecule has 0 aliphatic rings. The Morgan fingerprint density at radius 2 is 1.63 bits per heavy atom. The Hall–Kier alpha value is -2.67. The monoisotopic (exact) mass is 389 g/mol. The molecule has 2 aromatic rings. The van der Waals surface area contributed by atoms with Crippen LogP contribution in [0.15, 0.2) is 24.3 Å². The van der Waals surface area contributed by atoms with Crippen molar-refractivity contribution in [3.05, 3.63) is 51.4 Å². The van der Waals surface area contributed by atoms with Crippen molar-refractivity contribution in [2.45, 2.75) is 34.1 Å². The van der Waals surface area contributed by atoms with Gasteiger partial charge in [-0.15, -0.1) is 11.3 Å². The van der Waals surface area contributed by atoms with Crippen LogP contribution in [0.2, 0.25) is 0 Å². The lowest BCUT2D eigenvalue weighted by molar-refractivity contribution is -0.119. The number of hydrogen-bond acceptors (Lipinski definition) is 6. The largest absolute Gasteiger partial charge is 0.462 e. The van der Waals surface area contributed by atoms with E-state index in [4.69, 9.17) is 9.47 Å². The third-order valence-electron chi connectivity index (χ3n) is 3.67. The summed E-state index contributed by atoms with van der Waals surface area (Å²) < 4.78 is 10.1. The van der Waals surface area contributed by atoms with Crippen LogP contribution in [-0.4, -0.2) is 31.1 Å². The molecule has 0 radical (unpaired) electrons. The minimum Gasteiger partial charge on any atom is -0.462 e. The quantitative estimate of drug-likeness (QED) is 0.726. The number of esters is 2. The molecule has 0 unspecified atom stereocenters. The van der Waals surface area contributed by atoms with Crippen molar-refractivity contribution in [2.75, 3.05) is 18.5 Å². The Morgan fingerprint density at radius 3 is 2.22 bits per heavy atom. The minimum atomic E-state index is -0.567. The molecule has 144 valence electrons. The second-order valence-electron chi connectivity index (χ2n) is 6.03. The number of carbonyl (C=O) groups is 3. The van der Waals surface area contributed by atoms with Crippen LogP contribution in [0.5, 0.6) is 0 Å². The van der Waals surface area contributed by atoms with Gasteiger partial charge < -0.3 is 14.8 Å². The molecule has 0 aliphatic carbocycles. The molecule has 2 rings (SSSR count). The maximum absolute atomic E-state index is 12.2. The van der Waals surface area contributed by atoms with Gasteiger partial charge in [0.2, 0.25) is 0 Å². The lowest BCUT2D eigenvalue weighted by Gasteiger charge is -2.08. The molecule has 0 bridgehead atoms. The first kappa shape index (κ1) is 20.6. The fourth-order valence-corrected chi connectivity index (χ4v) is 3.54. The number of ether oxygens (including phenoxy) is 2. The number of aryl methyl sites for hydroxylation is 3. The van der Waals surface area contributed by atoms with Gasteiger partial charge in [0.1, 0.15) is 5.00 Å². The topological polar surface area (TPSA) is 81.7 Å². The molecule has 0 fully saturated rings. The normalized spacial score (nSPS) is 10.4. The van der Waals surface area contributed by atoms with Gasteiger partial charge >= 0.3 is 11.9 Å². The van der Waals surface area contributed by atoms with Crippen LogP contribution < -0.4 is 5.32 Å². The van der Waals surface area contributed by atoms with Gasteiger partial charge in [-0.25, -0.2) is 9.59 Å². The zero-order valence-electron chi connectivity index (χ0n) is 15.9. The average Bonchev–Trinajstić information content (AvgIpc) is 3.02.